The van der Waals surface area contributed by atoms with Crippen LogP contribution >= 0.6 is 7.82 Å². The number of carbonyl (C=O) groups is 1. The molecule has 0 saturated carbocycles. The number of amides is 1. The number of quaternary nitrogens is 1. The zero-order chi connectivity index (χ0) is 45.0. The normalized spacial score (nSPS) is 14.0. The number of unbranched alkanes of at least 4 members (excludes halogenated alkanes) is 37. The van der Waals surface area contributed by atoms with Crippen molar-refractivity contribution in [2.45, 2.75) is 289 Å². The van der Waals surface area contributed by atoms with E-state index in [2.05, 4.69) is 19.2 Å². The topological polar surface area (TPSA) is 105 Å². The third kappa shape index (κ3) is 47.3. The van der Waals surface area contributed by atoms with E-state index in [9.17, 15) is 19.4 Å². The van der Waals surface area contributed by atoms with Crippen LogP contribution in [0, 0.1) is 0 Å². The maximum absolute atomic E-state index is 12.9. The average molecular weight is 888 g/mol. The second-order valence-electron chi connectivity index (χ2n) is 20.0. The number of hydrogen-bond donors (Lipinski definition) is 3. The van der Waals surface area contributed by atoms with Gasteiger partial charge in [0.25, 0.3) is 0 Å². The predicted molar refractivity (Wildman–Crippen MR) is 263 cm³/mol. The fourth-order valence-electron chi connectivity index (χ4n) is 8.34. The molecule has 0 bridgehead atoms. The van der Waals surface area contributed by atoms with Crippen LogP contribution in [0.3, 0.4) is 0 Å². The van der Waals surface area contributed by atoms with Gasteiger partial charge in [0.05, 0.1) is 39.9 Å². The third-order valence-electron chi connectivity index (χ3n) is 12.6. The molecule has 0 heterocycles. The number of phosphoric ester groups is 1. The minimum atomic E-state index is -4.30. The van der Waals surface area contributed by atoms with Gasteiger partial charge >= 0.3 is 7.82 Å². The smallest absolute Gasteiger partial charge is 0.391 e. The molecule has 0 aromatic rings. The van der Waals surface area contributed by atoms with E-state index in [-0.39, 0.29) is 19.1 Å². The van der Waals surface area contributed by atoms with Gasteiger partial charge in [0, 0.05) is 6.42 Å². The highest BCUT2D eigenvalue weighted by Crippen LogP contribution is 2.43. The van der Waals surface area contributed by atoms with E-state index in [1.807, 2.05) is 21.1 Å². The van der Waals surface area contributed by atoms with E-state index in [1.54, 1.807) is 0 Å². The number of likely N-dealkylation sites (N-methyl/N-ethyl adjacent to an activating group) is 1. The molecule has 0 spiro atoms. The van der Waals surface area contributed by atoms with Crippen molar-refractivity contribution < 1.29 is 32.9 Å². The molecule has 0 aliphatic heterocycles. The number of aliphatic hydroxyl groups is 1. The van der Waals surface area contributed by atoms with Gasteiger partial charge in [-0.05, 0) is 12.8 Å². The standard InChI is InChI=1S/C52H107N2O6P/c1-6-8-10-12-14-16-17-18-19-20-21-22-23-24-25-26-27-28-29-30-31-32-33-34-35-36-37-38-40-42-44-46-52(56)53-50(49-60-61(57,58)59-48-47-54(3,4)5)51(55)45-43-41-39-15-13-11-9-7-2/h50-51,55H,6-49H2,1-5H3,(H-,53,56,57,58)/p+1. The van der Waals surface area contributed by atoms with Crippen molar-refractivity contribution in [1.82, 2.24) is 5.32 Å². The van der Waals surface area contributed by atoms with Crippen LogP contribution in [0.15, 0.2) is 0 Å². The van der Waals surface area contributed by atoms with Crippen LogP contribution < -0.4 is 5.32 Å². The minimum Gasteiger partial charge on any atom is -0.391 e. The minimum absolute atomic E-state index is 0.0782. The molecule has 0 fully saturated rings. The van der Waals surface area contributed by atoms with Gasteiger partial charge in [0.1, 0.15) is 13.2 Å². The fraction of sp³-hybridized carbons (Fsp3) is 0.981. The van der Waals surface area contributed by atoms with Crippen molar-refractivity contribution >= 4 is 13.7 Å². The molecule has 0 aromatic carbocycles. The summed E-state index contributed by atoms with van der Waals surface area (Å²) < 4.78 is 23.6. The molecule has 3 atom stereocenters. The Morgan fingerprint density at radius 3 is 1.10 bits per heavy atom. The van der Waals surface area contributed by atoms with Gasteiger partial charge in [-0.3, -0.25) is 13.8 Å². The van der Waals surface area contributed by atoms with Crippen molar-refractivity contribution in [3.8, 4) is 0 Å². The summed E-state index contributed by atoms with van der Waals surface area (Å²) in [7, 11) is 1.63. The Labute approximate surface area is 380 Å². The first-order chi connectivity index (χ1) is 29.5. The van der Waals surface area contributed by atoms with Gasteiger partial charge < -0.3 is 19.8 Å². The molecular weight excluding hydrogens is 780 g/mol. The molecule has 0 aliphatic rings. The molecule has 3 N–H and O–H groups in total. The summed E-state index contributed by atoms with van der Waals surface area (Å²) in [6, 6.07) is -0.752. The molecule has 1 amide bonds. The Morgan fingerprint density at radius 2 is 0.787 bits per heavy atom. The van der Waals surface area contributed by atoms with Crippen LogP contribution in [0.2, 0.25) is 0 Å². The summed E-state index contributed by atoms with van der Waals surface area (Å²) in [4.78, 5) is 23.1. The highest BCUT2D eigenvalue weighted by Gasteiger charge is 2.28. The van der Waals surface area contributed by atoms with Crippen LogP contribution in [0.25, 0.3) is 0 Å². The zero-order valence-electron chi connectivity index (χ0n) is 41.7. The highest BCUT2D eigenvalue weighted by molar-refractivity contribution is 7.47. The molecule has 366 valence electrons. The number of nitrogens with zero attached hydrogens (tertiary/aromatic N) is 1. The number of rotatable bonds is 50. The van der Waals surface area contributed by atoms with E-state index in [4.69, 9.17) is 9.05 Å². The monoisotopic (exact) mass is 888 g/mol. The second-order valence-corrected chi connectivity index (χ2v) is 21.4. The number of aliphatic hydroxyl groups excluding tert-OH is 1. The molecule has 61 heavy (non-hydrogen) atoms. The van der Waals surface area contributed by atoms with Crippen molar-refractivity contribution in [2.24, 2.45) is 0 Å². The Balaban J connectivity index is 3.85. The first kappa shape index (κ1) is 60.5. The predicted octanol–water partition coefficient (Wildman–Crippen LogP) is 15.7. The Bertz CT molecular complexity index is 963. The maximum atomic E-state index is 12.9. The molecule has 0 aromatic heterocycles. The second kappa shape index (κ2) is 44.7. The maximum Gasteiger partial charge on any atom is 0.472 e. The largest absolute Gasteiger partial charge is 0.472 e. The summed E-state index contributed by atoms with van der Waals surface area (Å²) >= 11 is 0. The summed E-state index contributed by atoms with van der Waals surface area (Å²) in [5, 5.41) is 13.9. The van der Waals surface area contributed by atoms with Gasteiger partial charge in [-0.15, -0.1) is 0 Å². The van der Waals surface area contributed by atoms with Crippen molar-refractivity contribution in [3.63, 3.8) is 0 Å². The molecule has 9 heteroatoms. The Morgan fingerprint density at radius 1 is 0.492 bits per heavy atom. The molecule has 0 rings (SSSR count). The molecule has 8 nitrogen and oxygen atoms in total. The number of hydrogen-bond acceptors (Lipinski definition) is 5. The SMILES string of the molecule is CCCCCCCCCCCCCCCCCCCCCCCCCCCCCCCCCC(=O)NC(COP(=O)(O)OCC[N+](C)(C)C)C(O)CCCCCCCCCC. The molecule has 0 saturated heterocycles. The van der Waals surface area contributed by atoms with Gasteiger partial charge in [0.15, 0.2) is 0 Å². The quantitative estimate of drug-likeness (QED) is 0.0319. The summed E-state index contributed by atoms with van der Waals surface area (Å²) in [6.45, 7) is 4.89. The van der Waals surface area contributed by atoms with Gasteiger partial charge in [-0.1, -0.05) is 258 Å². The first-order valence-electron chi connectivity index (χ1n) is 26.9. The lowest BCUT2D eigenvalue weighted by Gasteiger charge is -2.26. The van der Waals surface area contributed by atoms with Crippen molar-refractivity contribution in [1.29, 1.82) is 0 Å². The number of nitrogens with one attached hydrogen (secondary N) is 1. The van der Waals surface area contributed by atoms with E-state index in [0.29, 0.717) is 23.9 Å². The van der Waals surface area contributed by atoms with Crippen molar-refractivity contribution in [3.05, 3.63) is 0 Å². The van der Waals surface area contributed by atoms with Gasteiger partial charge in [0.2, 0.25) is 5.91 Å². The fourth-order valence-corrected chi connectivity index (χ4v) is 9.08. The average Bonchev–Trinajstić information content (AvgIpc) is 3.21. The van der Waals surface area contributed by atoms with Crippen LogP contribution in [-0.2, 0) is 18.4 Å². The highest BCUT2D eigenvalue weighted by atomic mass is 31.2. The number of phosphoric acid groups is 1. The summed E-state index contributed by atoms with van der Waals surface area (Å²) in [6.07, 6.45) is 51.9. The molecular formula is C52H108N2O6P+. The van der Waals surface area contributed by atoms with Crippen LogP contribution in [0.5, 0.6) is 0 Å². The van der Waals surface area contributed by atoms with Crippen LogP contribution in [0.1, 0.15) is 277 Å². The Kier molecular flexibility index (Phi) is 44.3. The van der Waals surface area contributed by atoms with E-state index >= 15 is 0 Å². The summed E-state index contributed by atoms with van der Waals surface area (Å²) in [5.41, 5.74) is 0. The van der Waals surface area contributed by atoms with Gasteiger partial charge in [-0.2, -0.15) is 0 Å². The van der Waals surface area contributed by atoms with Crippen LogP contribution in [-0.4, -0.2) is 73.4 Å². The van der Waals surface area contributed by atoms with E-state index in [0.717, 1.165) is 38.5 Å². The van der Waals surface area contributed by atoms with Crippen molar-refractivity contribution in [2.75, 3.05) is 40.9 Å². The first-order valence-corrected chi connectivity index (χ1v) is 28.4. The van der Waals surface area contributed by atoms with E-state index in [1.165, 1.54) is 212 Å². The zero-order valence-corrected chi connectivity index (χ0v) is 42.6. The third-order valence-corrected chi connectivity index (χ3v) is 13.6. The summed E-state index contributed by atoms with van der Waals surface area (Å²) in [5.74, 6) is -0.141. The van der Waals surface area contributed by atoms with E-state index < -0.39 is 20.0 Å². The number of carbonyl (C=O) groups excluding carboxylic acids is 1. The lowest BCUT2D eigenvalue weighted by atomic mass is 10.0. The molecule has 0 radical (unpaired) electrons. The van der Waals surface area contributed by atoms with Crippen LogP contribution in [0.4, 0.5) is 0 Å². The lowest BCUT2D eigenvalue weighted by molar-refractivity contribution is -0.870. The molecule has 3 unspecified atom stereocenters. The lowest BCUT2D eigenvalue weighted by Crippen LogP contribution is -2.46. The van der Waals surface area contributed by atoms with Gasteiger partial charge in [-0.25, -0.2) is 4.57 Å². The molecule has 0 aliphatic carbocycles. The Hall–Kier alpha value is -0.500.